The molecule has 0 spiro atoms. The first-order valence-corrected chi connectivity index (χ1v) is 7.53. The van der Waals surface area contributed by atoms with E-state index in [2.05, 4.69) is 4.74 Å². The summed E-state index contributed by atoms with van der Waals surface area (Å²) >= 11 is 1.11. The quantitative estimate of drug-likeness (QED) is 0.849. The van der Waals surface area contributed by atoms with Crippen LogP contribution in [0, 0.1) is 5.92 Å². The van der Waals surface area contributed by atoms with Crippen LogP contribution in [0.4, 0.5) is 18.9 Å². The number of hydrogen-bond acceptors (Lipinski definition) is 4. The van der Waals surface area contributed by atoms with Crippen molar-refractivity contribution in [1.82, 2.24) is 0 Å². The Morgan fingerprint density at radius 2 is 2.09 bits per heavy atom. The molecule has 0 N–H and O–H groups in total. The van der Waals surface area contributed by atoms with Gasteiger partial charge in [0.25, 0.3) is 0 Å². The minimum Gasteiger partial charge on any atom is -0.404 e. The number of ether oxygens (including phenoxy) is 1. The van der Waals surface area contributed by atoms with Crippen LogP contribution < -0.4 is 9.64 Å². The third-order valence-corrected chi connectivity index (χ3v) is 4.15. The van der Waals surface area contributed by atoms with Crippen molar-refractivity contribution >= 4 is 28.5 Å². The molecule has 1 saturated heterocycles. The lowest BCUT2D eigenvalue weighted by Gasteiger charge is -2.21. The molecule has 1 aromatic carbocycles. The van der Waals surface area contributed by atoms with Crippen LogP contribution in [0.2, 0.25) is 0 Å². The second-order valence-electron chi connectivity index (χ2n) is 4.89. The van der Waals surface area contributed by atoms with E-state index in [1.807, 2.05) is 0 Å². The van der Waals surface area contributed by atoms with Crippen molar-refractivity contribution in [2.24, 2.45) is 5.92 Å². The van der Waals surface area contributed by atoms with Crippen LogP contribution in [0.1, 0.15) is 13.3 Å². The second-order valence-corrected chi connectivity index (χ2v) is 6.09. The predicted octanol–water partition coefficient (Wildman–Crippen LogP) is 3.22. The van der Waals surface area contributed by atoms with Crippen molar-refractivity contribution in [2.45, 2.75) is 19.7 Å². The Bertz CT molecular complexity index is 577. The number of carbonyl (C=O) groups is 2. The number of benzene rings is 1. The molecule has 22 heavy (non-hydrogen) atoms. The highest BCUT2D eigenvalue weighted by Crippen LogP contribution is 2.36. The fourth-order valence-electron chi connectivity index (χ4n) is 2.25. The van der Waals surface area contributed by atoms with Gasteiger partial charge >= 0.3 is 6.36 Å². The summed E-state index contributed by atoms with van der Waals surface area (Å²) in [5.74, 6) is -0.268. The van der Waals surface area contributed by atoms with Crippen LogP contribution in [0.25, 0.3) is 0 Å². The molecule has 1 aromatic rings. The van der Waals surface area contributed by atoms with E-state index in [9.17, 15) is 22.8 Å². The SMILES string of the molecule is CC(=O)SCC1CC(=O)N(c2ccccc2OC(F)(F)F)C1. The summed E-state index contributed by atoms with van der Waals surface area (Å²) in [5.41, 5.74) is 0.0974. The average molecular weight is 333 g/mol. The molecule has 1 aliphatic heterocycles. The van der Waals surface area contributed by atoms with Crippen LogP contribution in [0.5, 0.6) is 5.75 Å². The number of hydrogen-bond donors (Lipinski definition) is 0. The highest BCUT2D eigenvalue weighted by molar-refractivity contribution is 8.13. The zero-order valence-electron chi connectivity index (χ0n) is 11.7. The zero-order valence-corrected chi connectivity index (χ0v) is 12.5. The summed E-state index contributed by atoms with van der Waals surface area (Å²) in [5, 5.41) is -0.0493. The summed E-state index contributed by atoms with van der Waals surface area (Å²) in [6.07, 6.45) is -4.61. The number of rotatable bonds is 4. The largest absolute Gasteiger partial charge is 0.573 e. The molecular weight excluding hydrogens is 319 g/mol. The van der Waals surface area contributed by atoms with Crippen molar-refractivity contribution in [3.8, 4) is 5.75 Å². The van der Waals surface area contributed by atoms with Crippen LogP contribution in [0.3, 0.4) is 0 Å². The summed E-state index contributed by atoms with van der Waals surface area (Å²) in [4.78, 5) is 24.3. The van der Waals surface area contributed by atoms with E-state index in [4.69, 9.17) is 0 Å². The molecule has 1 unspecified atom stereocenters. The van der Waals surface area contributed by atoms with E-state index in [1.54, 1.807) is 6.07 Å². The summed E-state index contributed by atoms with van der Waals surface area (Å²) in [6.45, 7) is 1.71. The number of anilines is 1. The Morgan fingerprint density at radius 1 is 1.41 bits per heavy atom. The number of thioether (sulfide) groups is 1. The van der Waals surface area contributed by atoms with Gasteiger partial charge < -0.3 is 9.64 Å². The molecule has 1 heterocycles. The number of halogens is 3. The minimum absolute atomic E-state index is 0.0493. The molecule has 1 fully saturated rings. The summed E-state index contributed by atoms with van der Waals surface area (Å²) < 4.78 is 41.2. The van der Waals surface area contributed by atoms with E-state index < -0.39 is 12.1 Å². The van der Waals surface area contributed by atoms with Gasteiger partial charge in [-0.25, -0.2) is 0 Å². The molecule has 2 rings (SSSR count). The molecule has 1 atom stereocenters. The van der Waals surface area contributed by atoms with E-state index in [1.165, 1.54) is 30.0 Å². The molecule has 8 heteroatoms. The number of para-hydroxylation sites is 2. The summed E-state index contributed by atoms with van der Waals surface area (Å²) in [7, 11) is 0. The molecule has 1 amide bonds. The van der Waals surface area contributed by atoms with Crippen LogP contribution >= 0.6 is 11.8 Å². The first-order chi connectivity index (χ1) is 10.3. The van der Waals surface area contributed by atoms with Crippen molar-refractivity contribution < 1.29 is 27.5 Å². The molecule has 1 aliphatic rings. The maximum Gasteiger partial charge on any atom is 0.573 e. The lowest BCUT2D eigenvalue weighted by atomic mass is 10.1. The molecule has 0 saturated carbocycles. The monoisotopic (exact) mass is 333 g/mol. The zero-order chi connectivity index (χ0) is 16.3. The highest BCUT2D eigenvalue weighted by Gasteiger charge is 2.36. The third kappa shape index (κ3) is 4.40. The van der Waals surface area contributed by atoms with Gasteiger partial charge in [-0.2, -0.15) is 0 Å². The molecule has 0 aliphatic carbocycles. The van der Waals surface area contributed by atoms with E-state index in [-0.39, 0.29) is 35.6 Å². The van der Waals surface area contributed by atoms with Crippen LogP contribution in [-0.4, -0.2) is 29.7 Å². The van der Waals surface area contributed by atoms with Gasteiger partial charge in [-0.05, 0) is 18.1 Å². The van der Waals surface area contributed by atoms with Crippen molar-refractivity contribution in [1.29, 1.82) is 0 Å². The second kappa shape index (κ2) is 6.60. The normalized spacial score (nSPS) is 18.6. The number of alkyl halides is 3. The van der Waals surface area contributed by atoms with Crippen LogP contribution in [-0.2, 0) is 9.59 Å². The molecular formula is C14H14F3NO3S. The Kier molecular flexibility index (Phi) is 5.00. The Labute approximate surface area is 129 Å². The first-order valence-electron chi connectivity index (χ1n) is 6.55. The van der Waals surface area contributed by atoms with Gasteiger partial charge in [0.2, 0.25) is 5.91 Å². The van der Waals surface area contributed by atoms with Gasteiger partial charge in [-0.1, -0.05) is 23.9 Å². The van der Waals surface area contributed by atoms with Gasteiger partial charge in [0.05, 0.1) is 5.69 Å². The van der Waals surface area contributed by atoms with Gasteiger partial charge in [-0.15, -0.1) is 13.2 Å². The number of nitrogens with zero attached hydrogens (tertiary/aromatic N) is 1. The van der Waals surface area contributed by atoms with E-state index >= 15 is 0 Å². The summed E-state index contributed by atoms with van der Waals surface area (Å²) in [6, 6.07) is 5.55. The van der Waals surface area contributed by atoms with Gasteiger partial charge in [0.1, 0.15) is 0 Å². The van der Waals surface area contributed by atoms with Crippen molar-refractivity contribution in [2.75, 3.05) is 17.2 Å². The van der Waals surface area contributed by atoms with Gasteiger partial charge in [-0.3, -0.25) is 9.59 Å². The molecule has 4 nitrogen and oxygen atoms in total. The first kappa shape index (κ1) is 16.7. The fourth-order valence-corrected chi connectivity index (χ4v) is 2.95. The number of amides is 1. The Balaban J connectivity index is 2.15. The fraction of sp³-hybridized carbons (Fsp3) is 0.429. The van der Waals surface area contributed by atoms with Crippen molar-refractivity contribution in [3.05, 3.63) is 24.3 Å². The minimum atomic E-state index is -4.82. The smallest absolute Gasteiger partial charge is 0.404 e. The third-order valence-electron chi connectivity index (χ3n) is 3.11. The Morgan fingerprint density at radius 3 is 2.73 bits per heavy atom. The highest BCUT2D eigenvalue weighted by atomic mass is 32.2. The predicted molar refractivity (Wildman–Crippen MR) is 76.7 cm³/mol. The number of carbonyl (C=O) groups excluding carboxylic acids is 2. The van der Waals surface area contributed by atoms with Crippen LogP contribution in [0.15, 0.2) is 24.3 Å². The van der Waals surface area contributed by atoms with E-state index in [0.717, 1.165) is 11.8 Å². The lowest BCUT2D eigenvalue weighted by molar-refractivity contribution is -0.274. The molecule has 0 bridgehead atoms. The standard InChI is InChI=1S/C14H14F3NO3S/c1-9(19)22-8-10-6-13(20)18(7-10)11-4-2-3-5-12(11)21-14(15,16)17/h2-5,10H,6-8H2,1H3. The van der Waals surface area contributed by atoms with Gasteiger partial charge in [0, 0.05) is 25.6 Å². The Hall–Kier alpha value is -1.70. The molecule has 0 aromatic heterocycles. The average Bonchev–Trinajstić information content (AvgIpc) is 2.76. The maximum absolute atomic E-state index is 12.4. The van der Waals surface area contributed by atoms with Gasteiger partial charge in [0.15, 0.2) is 10.9 Å². The molecule has 0 radical (unpaired) electrons. The van der Waals surface area contributed by atoms with E-state index in [0.29, 0.717) is 5.75 Å². The lowest BCUT2D eigenvalue weighted by Crippen LogP contribution is -2.27. The maximum atomic E-state index is 12.4. The van der Waals surface area contributed by atoms with Crippen molar-refractivity contribution in [3.63, 3.8) is 0 Å². The molecule has 120 valence electrons. The topological polar surface area (TPSA) is 46.6 Å².